The average molecular weight is 440 g/mol. The molecule has 1 aliphatic heterocycles. The van der Waals surface area contributed by atoms with Crippen LogP contribution in [0.2, 0.25) is 0 Å². The molecule has 7 nitrogen and oxygen atoms in total. The van der Waals surface area contributed by atoms with E-state index in [-0.39, 0.29) is 22.7 Å². The Labute approximate surface area is 170 Å². The van der Waals surface area contributed by atoms with Crippen LogP contribution in [0.4, 0.5) is 13.2 Å². The van der Waals surface area contributed by atoms with Gasteiger partial charge in [0.05, 0.1) is 12.1 Å². The second-order valence-corrected chi connectivity index (χ2v) is 9.08. The summed E-state index contributed by atoms with van der Waals surface area (Å²) in [6.45, 7) is 0.588. The summed E-state index contributed by atoms with van der Waals surface area (Å²) in [5.41, 5.74) is -1.26. The van der Waals surface area contributed by atoms with Gasteiger partial charge >= 0.3 is 11.9 Å². The van der Waals surface area contributed by atoms with Crippen LogP contribution in [0.1, 0.15) is 30.4 Å². The Bertz CT molecular complexity index is 1240. The van der Waals surface area contributed by atoms with E-state index in [1.165, 1.54) is 34.8 Å². The number of nitrogens with zero attached hydrogens (tertiary/aromatic N) is 4. The van der Waals surface area contributed by atoms with Crippen LogP contribution < -0.4 is 5.69 Å². The van der Waals surface area contributed by atoms with Gasteiger partial charge in [0, 0.05) is 19.3 Å². The predicted molar refractivity (Wildman–Crippen MR) is 103 cm³/mol. The molecule has 1 aromatic carbocycles. The molecule has 0 N–H and O–H groups in total. The first-order chi connectivity index (χ1) is 14.2. The number of piperidine rings is 1. The van der Waals surface area contributed by atoms with Crippen LogP contribution in [0.5, 0.6) is 0 Å². The van der Waals surface area contributed by atoms with E-state index in [2.05, 4.69) is 5.10 Å². The molecule has 0 unspecified atom stereocenters. The molecule has 30 heavy (non-hydrogen) atoms. The summed E-state index contributed by atoms with van der Waals surface area (Å²) in [5, 5.41) is 4.14. The van der Waals surface area contributed by atoms with E-state index in [1.807, 2.05) is 0 Å². The van der Waals surface area contributed by atoms with E-state index >= 15 is 0 Å². The van der Waals surface area contributed by atoms with Crippen molar-refractivity contribution in [1.82, 2.24) is 18.5 Å². The molecule has 1 fully saturated rings. The van der Waals surface area contributed by atoms with Gasteiger partial charge in [0.25, 0.3) is 0 Å². The van der Waals surface area contributed by atoms with Crippen LogP contribution in [-0.2, 0) is 22.7 Å². The molecule has 1 saturated heterocycles. The van der Waals surface area contributed by atoms with Crippen LogP contribution in [-0.4, -0.2) is 40.0 Å². The fourth-order valence-electron chi connectivity index (χ4n) is 3.58. The smallest absolute Gasteiger partial charge is 0.249 e. The lowest BCUT2D eigenvalue weighted by Crippen LogP contribution is -2.35. The first kappa shape index (κ1) is 20.6. The zero-order valence-electron chi connectivity index (χ0n) is 15.8. The molecule has 11 heteroatoms. The number of halogens is 3. The molecule has 2 aromatic heterocycles. The number of benzene rings is 1. The SMILES string of the molecule is O=c1n(Cc2cccc(C(F)(F)F)c2)nc2c(S(=O)(=O)N3CCCCC3)cccn12. The number of sulfonamides is 1. The third-order valence-corrected chi connectivity index (χ3v) is 7.01. The normalized spacial score (nSPS) is 16.2. The predicted octanol–water partition coefficient (Wildman–Crippen LogP) is 2.74. The molecular weight excluding hydrogens is 421 g/mol. The Kier molecular flexibility index (Phi) is 5.18. The van der Waals surface area contributed by atoms with Crippen molar-refractivity contribution in [2.45, 2.75) is 36.9 Å². The van der Waals surface area contributed by atoms with Crippen molar-refractivity contribution in [2.24, 2.45) is 0 Å². The van der Waals surface area contributed by atoms with Crippen LogP contribution in [0.3, 0.4) is 0 Å². The minimum absolute atomic E-state index is 0.0416. The van der Waals surface area contributed by atoms with Gasteiger partial charge in [-0.05, 0) is 42.7 Å². The molecule has 0 spiro atoms. The van der Waals surface area contributed by atoms with E-state index in [9.17, 15) is 26.4 Å². The molecule has 0 amide bonds. The van der Waals surface area contributed by atoms with Crippen LogP contribution >= 0.6 is 0 Å². The van der Waals surface area contributed by atoms with Gasteiger partial charge in [0.2, 0.25) is 10.0 Å². The average Bonchev–Trinajstić information content (AvgIpc) is 3.04. The number of fused-ring (bicyclic) bond motifs is 1. The largest absolute Gasteiger partial charge is 0.416 e. The lowest BCUT2D eigenvalue weighted by atomic mass is 10.1. The maximum Gasteiger partial charge on any atom is 0.416 e. The first-order valence-electron chi connectivity index (χ1n) is 9.42. The van der Waals surface area contributed by atoms with Crippen molar-refractivity contribution in [1.29, 1.82) is 0 Å². The second-order valence-electron chi connectivity index (χ2n) is 7.17. The molecule has 1 aliphatic rings. The Balaban J connectivity index is 1.75. The van der Waals surface area contributed by atoms with Gasteiger partial charge in [0.1, 0.15) is 4.90 Å². The topological polar surface area (TPSA) is 76.7 Å². The van der Waals surface area contributed by atoms with E-state index in [4.69, 9.17) is 0 Å². The van der Waals surface area contributed by atoms with E-state index in [0.29, 0.717) is 13.1 Å². The number of hydrogen-bond acceptors (Lipinski definition) is 4. The highest BCUT2D eigenvalue weighted by molar-refractivity contribution is 7.89. The van der Waals surface area contributed by atoms with Crippen molar-refractivity contribution in [3.05, 3.63) is 64.2 Å². The lowest BCUT2D eigenvalue weighted by Gasteiger charge is -2.25. The van der Waals surface area contributed by atoms with E-state index < -0.39 is 27.5 Å². The lowest BCUT2D eigenvalue weighted by molar-refractivity contribution is -0.137. The number of alkyl halides is 3. The molecular formula is C19H19F3N4O3S. The maximum absolute atomic E-state index is 13.1. The van der Waals surface area contributed by atoms with Gasteiger partial charge < -0.3 is 0 Å². The minimum Gasteiger partial charge on any atom is -0.249 e. The summed E-state index contributed by atoms with van der Waals surface area (Å²) in [6, 6.07) is 7.44. The number of aromatic nitrogens is 3. The molecule has 0 bridgehead atoms. The van der Waals surface area contributed by atoms with Crippen LogP contribution in [0.15, 0.2) is 52.3 Å². The highest BCUT2D eigenvalue weighted by Gasteiger charge is 2.31. The third kappa shape index (κ3) is 3.74. The summed E-state index contributed by atoms with van der Waals surface area (Å²) in [5.74, 6) is 0. The minimum atomic E-state index is -4.50. The summed E-state index contributed by atoms with van der Waals surface area (Å²) in [6.07, 6.45) is -0.627. The quantitative estimate of drug-likeness (QED) is 0.625. The van der Waals surface area contributed by atoms with Crippen molar-refractivity contribution in [2.75, 3.05) is 13.1 Å². The van der Waals surface area contributed by atoms with Crippen molar-refractivity contribution >= 4 is 15.7 Å². The van der Waals surface area contributed by atoms with E-state index in [0.717, 1.165) is 40.5 Å². The third-order valence-electron chi connectivity index (χ3n) is 5.09. The number of pyridine rings is 1. The second kappa shape index (κ2) is 7.55. The molecule has 0 radical (unpaired) electrons. The Morgan fingerprint density at radius 3 is 2.47 bits per heavy atom. The van der Waals surface area contributed by atoms with Gasteiger partial charge in [-0.3, -0.25) is 0 Å². The Morgan fingerprint density at radius 1 is 1.03 bits per heavy atom. The fourth-order valence-corrected chi connectivity index (χ4v) is 5.22. The van der Waals surface area contributed by atoms with Crippen molar-refractivity contribution < 1.29 is 21.6 Å². The highest BCUT2D eigenvalue weighted by atomic mass is 32.2. The molecule has 3 heterocycles. The Morgan fingerprint density at radius 2 is 1.77 bits per heavy atom. The monoisotopic (exact) mass is 440 g/mol. The number of rotatable bonds is 4. The van der Waals surface area contributed by atoms with Crippen LogP contribution in [0, 0.1) is 0 Å². The van der Waals surface area contributed by atoms with Crippen molar-refractivity contribution in [3.8, 4) is 0 Å². The fraction of sp³-hybridized carbons (Fsp3) is 0.368. The molecule has 160 valence electrons. The summed E-state index contributed by atoms with van der Waals surface area (Å²) < 4.78 is 68.5. The van der Waals surface area contributed by atoms with Crippen molar-refractivity contribution in [3.63, 3.8) is 0 Å². The summed E-state index contributed by atoms with van der Waals surface area (Å²) in [4.78, 5) is 12.6. The van der Waals surface area contributed by atoms with Gasteiger partial charge in [0.15, 0.2) is 5.65 Å². The Hall–Kier alpha value is -2.66. The number of hydrogen-bond donors (Lipinski definition) is 0. The molecule has 0 saturated carbocycles. The molecule has 0 aliphatic carbocycles. The van der Waals surface area contributed by atoms with Crippen LogP contribution in [0.25, 0.3) is 5.65 Å². The van der Waals surface area contributed by atoms with Gasteiger partial charge in [-0.25, -0.2) is 22.3 Å². The zero-order chi connectivity index (χ0) is 21.5. The standard InChI is InChI=1S/C19H19F3N4O3S/c20-19(21,22)15-7-4-6-14(12-15)13-26-18(27)25-11-5-8-16(17(25)23-26)30(28,29)24-9-2-1-3-10-24/h4-8,11-12H,1-3,9-10,13H2. The molecule has 4 rings (SSSR count). The maximum atomic E-state index is 13.1. The zero-order valence-corrected chi connectivity index (χ0v) is 16.7. The summed E-state index contributed by atoms with van der Waals surface area (Å²) in [7, 11) is -3.84. The van der Waals surface area contributed by atoms with Gasteiger partial charge in [-0.15, -0.1) is 5.10 Å². The first-order valence-corrected chi connectivity index (χ1v) is 10.9. The van der Waals surface area contributed by atoms with E-state index in [1.54, 1.807) is 0 Å². The molecule has 0 atom stereocenters. The summed E-state index contributed by atoms with van der Waals surface area (Å²) >= 11 is 0. The van der Waals surface area contributed by atoms with Gasteiger partial charge in [-0.1, -0.05) is 18.6 Å². The van der Waals surface area contributed by atoms with Gasteiger partial charge in [-0.2, -0.15) is 17.5 Å². The molecule has 3 aromatic rings. The highest BCUT2D eigenvalue weighted by Crippen LogP contribution is 2.29.